The van der Waals surface area contributed by atoms with Crippen molar-refractivity contribution in [1.82, 2.24) is 0 Å². The molecule has 0 aromatic carbocycles. The van der Waals surface area contributed by atoms with Crippen molar-refractivity contribution in [2.75, 3.05) is 6.61 Å². The van der Waals surface area contributed by atoms with Crippen LogP contribution in [-0.4, -0.2) is 22.9 Å². The van der Waals surface area contributed by atoms with Gasteiger partial charge in [0.25, 0.3) is 0 Å². The van der Waals surface area contributed by atoms with E-state index >= 15 is 0 Å². The fourth-order valence-electron chi connectivity index (χ4n) is 8.35. The fraction of sp³-hybridized carbons (Fsp3) is 1.00. The van der Waals surface area contributed by atoms with Crippen LogP contribution >= 0.6 is 0 Å². The van der Waals surface area contributed by atoms with Gasteiger partial charge in [-0.25, -0.2) is 0 Å². The molecule has 9 atom stereocenters. The number of fused-ring (bicyclic) bond motifs is 5. The van der Waals surface area contributed by atoms with Gasteiger partial charge in [0, 0.05) is 6.61 Å². The first-order chi connectivity index (χ1) is 11.4. The van der Waals surface area contributed by atoms with Crippen LogP contribution in [0.4, 0.5) is 0 Å². The maximum Gasteiger partial charge on any atom is 0.0545 e. The normalized spacial score (nSPS) is 29.5. The molecule has 0 heterocycles. The molecular formula is C43H122O2. The SMILES string of the molecule is C.C.C.C.C.C.C.C.C.C.C.C.C.C.C.C.C.C.C.C.C.C[C@@H](O)[C@H]1CCC2C3CCC4C[C@@H](CO)CC[C@]4(C)C3CC[C@@]21C. The molecule has 0 radical (unpaired) electrons. The Morgan fingerprint density at radius 2 is 0.889 bits per heavy atom. The minimum atomic E-state index is -0.136. The molecule has 2 heteroatoms. The molecule has 4 aliphatic rings. The van der Waals surface area contributed by atoms with E-state index in [9.17, 15) is 10.2 Å². The van der Waals surface area contributed by atoms with Crippen molar-refractivity contribution < 1.29 is 10.2 Å². The number of hydrogen-bond acceptors (Lipinski definition) is 2. The maximum atomic E-state index is 10.3. The first-order valence-electron chi connectivity index (χ1n) is 10.7. The highest BCUT2D eigenvalue weighted by Gasteiger charge is 2.60. The Labute approximate surface area is 303 Å². The molecule has 0 aliphatic heterocycles. The summed E-state index contributed by atoms with van der Waals surface area (Å²) in [5.74, 6) is 4.60. The van der Waals surface area contributed by atoms with Crippen molar-refractivity contribution in [3.05, 3.63) is 0 Å². The summed E-state index contributed by atoms with van der Waals surface area (Å²) in [6.45, 7) is 7.54. The van der Waals surface area contributed by atoms with E-state index in [0.717, 1.165) is 23.7 Å². The molecule has 306 valence electrons. The Morgan fingerprint density at radius 3 is 1.27 bits per heavy atom. The second-order valence-corrected chi connectivity index (χ2v) is 10.4. The zero-order valence-electron chi connectivity index (χ0n) is 16.0. The van der Waals surface area contributed by atoms with E-state index in [2.05, 4.69) is 13.8 Å². The van der Waals surface area contributed by atoms with Crippen molar-refractivity contribution >= 4 is 0 Å². The van der Waals surface area contributed by atoms with Gasteiger partial charge in [-0.2, -0.15) is 0 Å². The molecule has 0 spiro atoms. The molecule has 4 rings (SSSR count). The van der Waals surface area contributed by atoms with E-state index in [0.29, 0.717) is 29.3 Å². The number of rotatable bonds is 2. The predicted octanol–water partition coefficient (Wildman–Crippen LogP) is 18.0. The Balaban J connectivity index is -0.0000000217. The summed E-state index contributed by atoms with van der Waals surface area (Å²) in [4.78, 5) is 0. The molecule has 2 nitrogen and oxygen atoms in total. The largest absolute Gasteiger partial charge is 0.396 e. The van der Waals surface area contributed by atoms with Crippen LogP contribution in [0.5, 0.6) is 0 Å². The first kappa shape index (κ1) is 120. The van der Waals surface area contributed by atoms with Gasteiger partial charge in [0.1, 0.15) is 0 Å². The van der Waals surface area contributed by atoms with Crippen LogP contribution < -0.4 is 0 Å². The molecule has 4 fully saturated rings. The van der Waals surface area contributed by atoms with Crippen LogP contribution in [-0.2, 0) is 0 Å². The fourth-order valence-corrected chi connectivity index (χ4v) is 8.35. The van der Waals surface area contributed by atoms with Crippen LogP contribution in [0.25, 0.3) is 0 Å². The van der Waals surface area contributed by atoms with E-state index < -0.39 is 0 Å². The highest BCUT2D eigenvalue weighted by Crippen LogP contribution is 2.68. The van der Waals surface area contributed by atoms with Gasteiger partial charge < -0.3 is 10.2 Å². The average molecular weight is 671 g/mol. The molecule has 0 bridgehead atoms. The second-order valence-electron chi connectivity index (χ2n) is 10.4. The molecular weight excluding hydrogens is 548 g/mol. The van der Waals surface area contributed by atoms with Crippen molar-refractivity contribution in [1.29, 1.82) is 0 Å². The number of hydrogen-bond donors (Lipinski definition) is 2. The average Bonchev–Trinajstić information content (AvgIpc) is 2.91. The van der Waals surface area contributed by atoms with Gasteiger partial charge >= 0.3 is 0 Å². The van der Waals surface area contributed by atoms with E-state index in [4.69, 9.17) is 0 Å². The van der Waals surface area contributed by atoms with Gasteiger partial charge in [-0.15, -0.1) is 0 Å². The lowest BCUT2D eigenvalue weighted by Crippen LogP contribution is -2.54. The zero-order valence-corrected chi connectivity index (χ0v) is 16.0. The molecule has 0 aromatic heterocycles. The molecule has 2 N–H and O–H groups in total. The van der Waals surface area contributed by atoms with E-state index in [1.54, 1.807) is 0 Å². The van der Waals surface area contributed by atoms with Crippen molar-refractivity contribution in [3.8, 4) is 0 Å². The summed E-state index contributed by atoms with van der Waals surface area (Å²) in [6, 6.07) is 0. The topological polar surface area (TPSA) is 40.5 Å². The third kappa shape index (κ3) is 18.9. The lowest BCUT2D eigenvalue weighted by Gasteiger charge is -2.61. The van der Waals surface area contributed by atoms with Crippen molar-refractivity contribution in [2.45, 2.75) is 241 Å². The molecule has 0 amide bonds. The summed E-state index contributed by atoms with van der Waals surface area (Å²) in [7, 11) is 0. The highest BCUT2D eigenvalue weighted by atomic mass is 16.3. The van der Waals surface area contributed by atoms with Crippen LogP contribution in [0.3, 0.4) is 0 Å². The lowest BCUT2D eigenvalue weighted by atomic mass is 9.44. The highest BCUT2D eigenvalue weighted by molar-refractivity contribution is 5.09. The molecule has 0 aromatic rings. The van der Waals surface area contributed by atoms with E-state index in [1.807, 2.05) is 6.92 Å². The summed E-state index contributed by atoms with van der Waals surface area (Å²) in [5.41, 5.74) is 0.916. The standard InChI is InChI=1S/C22H38O2.21CH4/c1-14(24)18-6-7-19-17-5-4-16-12-15(13-23)8-10-21(16,2)20(17)9-11-22(18,19)3;;;;;;;;;;;;;;;;;;;;;/h14-20,23-24H,4-13H2,1-3H3;21*1H4/t14-,15+,16?,17?,18-,19?,20?,21+,22-;;;;;;;;;;;;;;;;;;;;;/m1...................../s1. The molecule has 4 saturated carbocycles. The van der Waals surface area contributed by atoms with Gasteiger partial charge in [0.2, 0.25) is 0 Å². The number of aliphatic hydroxyl groups excluding tert-OH is 2. The summed E-state index contributed by atoms with van der Waals surface area (Å²) < 4.78 is 0. The summed E-state index contributed by atoms with van der Waals surface area (Å²) in [6.07, 6.45) is 11.8. The quantitative estimate of drug-likeness (QED) is 0.307. The van der Waals surface area contributed by atoms with E-state index in [-0.39, 0.29) is 162 Å². The molecule has 4 unspecified atom stereocenters. The summed E-state index contributed by atoms with van der Waals surface area (Å²) >= 11 is 0. The Kier molecular flexibility index (Phi) is 117. The minimum absolute atomic E-state index is 0. The van der Waals surface area contributed by atoms with Crippen molar-refractivity contribution in [3.63, 3.8) is 0 Å². The Morgan fingerprint density at radius 1 is 0.511 bits per heavy atom. The van der Waals surface area contributed by atoms with Crippen molar-refractivity contribution in [2.24, 2.45) is 46.3 Å². The molecule has 45 heavy (non-hydrogen) atoms. The predicted molar refractivity (Wildman–Crippen MR) is 239 cm³/mol. The van der Waals surface area contributed by atoms with Crippen LogP contribution in [0.1, 0.15) is 235 Å². The monoisotopic (exact) mass is 671 g/mol. The van der Waals surface area contributed by atoms with Gasteiger partial charge in [-0.3, -0.25) is 0 Å². The first-order valence-corrected chi connectivity index (χ1v) is 10.7. The van der Waals surface area contributed by atoms with E-state index in [1.165, 1.54) is 57.8 Å². The summed E-state index contributed by atoms with van der Waals surface area (Å²) in [5, 5.41) is 19.9. The molecule has 0 saturated heterocycles. The second kappa shape index (κ2) is 43.9. The third-order valence-corrected chi connectivity index (χ3v) is 9.69. The van der Waals surface area contributed by atoms with Gasteiger partial charge in [0.05, 0.1) is 6.10 Å². The van der Waals surface area contributed by atoms with Crippen LogP contribution in [0.15, 0.2) is 0 Å². The Hall–Kier alpha value is -0.0800. The Bertz CT molecular complexity index is 476. The number of aliphatic hydroxyl groups is 2. The van der Waals surface area contributed by atoms with Gasteiger partial charge in [0.15, 0.2) is 0 Å². The lowest BCUT2D eigenvalue weighted by molar-refractivity contribution is -0.126. The van der Waals surface area contributed by atoms with Crippen LogP contribution in [0, 0.1) is 46.3 Å². The molecule has 4 aliphatic carbocycles. The third-order valence-electron chi connectivity index (χ3n) is 9.69. The van der Waals surface area contributed by atoms with Gasteiger partial charge in [-0.1, -0.05) is 170 Å². The smallest absolute Gasteiger partial charge is 0.0545 e. The van der Waals surface area contributed by atoms with Crippen LogP contribution in [0.2, 0.25) is 0 Å². The zero-order chi connectivity index (χ0) is 17.1. The maximum absolute atomic E-state index is 10.3. The minimum Gasteiger partial charge on any atom is -0.396 e. The van der Waals surface area contributed by atoms with Gasteiger partial charge in [-0.05, 0) is 111 Å².